The second kappa shape index (κ2) is 3.25. The minimum absolute atomic E-state index is 0.152. The smallest absolute Gasteiger partial charge is 0.321 e. The molecule has 0 bridgehead atoms. The Balaban J connectivity index is 2.36. The summed E-state index contributed by atoms with van der Waals surface area (Å²) >= 11 is 0. The number of carbonyl (C=O) groups is 2. The Labute approximate surface area is 81.7 Å². The van der Waals surface area contributed by atoms with Crippen molar-refractivity contribution < 1.29 is 14.3 Å². The van der Waals surface area contributed by atoms with Gasteiger partial charge in [0.15, 0.2) is 11.9 Å². The molecule has 2 atom stereocenters. The van der Waals surface area contributed by atoms with Crippen LogP contribution >= 0.6 is 0 Å². The molecule has 1 aliphatic heterocycles. The zero-order chi connectivity index (χ0) is 10.1. The first-order valence-electron chi connectivity index (χ1n) is 4.49. The first kappa shape index (κ1) is 8.94. The zero-order valence-corrected chi connectivity index (χ0v) is 7.77. The maximum absolute atomic E-state index is 11.6. The number of benzene rings is 1. The lowest BCUT2D eigenvalue weighted by Crippen LogP contribution is -2.16. The molecule has 1 saturated heterocycles. The van der Waals surface area contributed by atoms with E-state index in [2.05, 4.69) is 0 Å². The molecule has 72 valence electrons. The number of rotatable bonds is 1. The van der Waals surface area contributed by atoms with Gasteiger partial charge in [-0.05, 0) is 12.5 Å². The standard InChI is InChI=1S/C11H10O3/c1-7-10(12)9(11(13)14-7)8-5-3-2-4-6-8/h2-7,9H,1H3. The van der Waals surface area contributed by atoms with Crippen LogP contribution < -0.4 is 0 Å². The quantitative estimate of drug-likeness (QED) is 0.495. The number of hydrogen-bond donors (Lipinski definition) is 0. The number of esters is 1. The van der Waals surface area contributed by atoms with Crippen molar-refractivity contribution in [1.29, 1.82) is 0 Å². The average molecular weight is 190 g/mol. The molecule has 14 heavy (non-hydrogen) atoms. The fourth-order valence-electron chi connectivity index (χ4n) is 1.60. The normalized spacial score (nSPS) is 26.4. The molecule has 0 amide bonds. The minimum Gasteiger partial charge on any atom is -0.454 e. The molecule has 3 nitrogen and oxygen atoms in total. The van der Waals surface area contributed by atoms with E-state index in [1.807, 2.05) is 6.07 Å². The SMILES string of the molecule is CC1OC(=O)C(c2ccccc2)C1=O. The van der Waals surface area contributed by atoms with Crippen LogP contribution in [-0.2, 0) is 14.3 Å². The van der Waals surface area contributed by atoms with E-state index in [4.69, 9.17) is 4.74 Å². The second-order valence-electron chi connectivity index (χ2n) is 3.33. The maximum Gasteiger partial charge on any atom is 0.321 e. The highest BCUT2D eigenvalue weighted by molar-refractivity contribution is 6.11. The highest BCUT2D eigenvalue weighted by Crippen LogP contribution is 2.26. The number of carbonyl (C=O) groups excluding carboxylic acids is 2. The second-order valence-corrected chi connectivity index (χ2v) is 3.33. The van der Waals surface area contributed by atoms with Gasteiger partial charge in [-0.25, -0.2) is 0 Å². The Bertz CT molecular complexity index is 369. The van der Waals surface area contributed by atoms with E-state index >= 15 is 0 Å². The van der Waals surface area contributed by atoms with Gasteiger partial charge in [0, 0.05) is 0 Å². The molecule has 0 saturated carbocycles. The van der Waals surface area contributed by atoms with Crippen LogP contribution in [0.15, 0.2) is 30.3 Å². The fourth-order valence-corrected chi connectivity index (χ4v) is 1.60. The minimum atomic E-state index is -0.716. The largest absolute Gasteiger partial charge is 0.454 e. The maximum atomic E-state index is 11.6. The fraction of sp³-hybridized carbons (Fsp3) is 0.273. The van der Waals surface area contributed by atoms with Crippen molar-refractivity contribution in [2.75, 3.05) is 0 Å². The predicted molar refractivity (Wildman–Crippen MR) is 49.7 cm³/mol. The first-order chi connectivity index (χ1) is 6.70. The summed E-state index contributed by atoms with van der Waals surface area (Å²) in [5.41, 5.74) is 0.715. The Hall–Kier alpha value is -1.64. The van der Waals surface area contributed by atoms with Crippen LogP contribution in [0.5, 0.6) is 0 Å². The topological polar surface area (TPSA) is 43.4 Å². The summed E-state index contributed by atoms with van der Waals surface area (Å²) in [6, 6.07) is 8.99. The Morgan fingerprint density at radius 3 is 2.29 bits per heavy atom. The van der Waals surface area contributed by atoms with E-state index in [0.717, 1.165) is 0 Å². The third kappa shape index (κ3) is 1.31. The van der Waals surface area contributed by atoms with Gasteiger partial charge < -0.3 is 4.74 Å². The third-order valence-electron chi connectivity index (χ3n) is 2.35. The van der Waals surface area contributed by atoms with Crippen LogP contribution in [0.4, 0.5) is 0 Å². The van der Waals surface area contributed by atoms with Crippen molar-refractivity contribution >= 4 is 11.8 Å². The van der Waals surface area contributed by atoms with E-state index in [1.54, 1.807) is 31.2 Å². The monoisotopic (exact) mass is 190 g/mol. The van der Waals surface area contributed by atoms with Gasteiger partial charge in [-0.2, -0.15) is 0 Å². The molecule has 1 aliphatic rings. The average Bonchev–Trinajstić information content (AvgIpc) is 2.43. The molecule has 1 fully saturated rings. The first-order valence-corrected chi connectivity index (χ1v) is 4.49. The van der Waals surface area contributed by atoms with Crippen molar-refractivity contribution in [1.82, 2.24) is 0 Å². The Morgan fingerprint density at radius 2 is 1.79 bits per heavy atom. The highest BCUT2D eigenvalue weighted by atomic mass is 16.6. The molecule has 0 aromatic heterocycles. The lowest BCUT2D eigenvalue weighted by molar-refractivity contribution is -0.142. The van der Waals surface area contributed by atoms with Gasteiger partial charge in [0.25, 0.3) is 0 Å². The summed E-state index contributed by atoms with van der Waals surface area (Å²) in [5, 5.41) is 0. The lowest BCUT2D eigenvalue weighted by Gasteiger charge is -2.02. The molecule has 0 N–H and O–H groups in total. The van der Waals surface area contributed by atoms with Crippen LogP contribution in [-0.4, -0.2) is 17.9 Å². The van der Waals surface area contributed by atoms with Gasteiger partial charge in [0.1, 0.15) is 5.92 Å². The number of ketones is 1. The van der Waals surface area contributed by atoms with Crippen molar-refractivity contribution in [3.8, 4) is 0 Å². The summed E-state index contributed by atoms with van der Waals surface area (Å²) in [6.45, 7) is 1.60. The molecule has 0 radical (unpaired) electrons. The van der Waals surface area contributed by atoms with Gasteiger partial charge in [-0.1, -0.05) is 30.3 Å². The number of cyclic esters (lactones) is 1. The van der Waals surface area contributed by atoms with Crippen LogP contribution in [0, 0.1) is 0 Å². The molecule has 0 aliphatic carbocycles. The van der Waals surface area contributed by atoms with E-state index in [9.17, 15) is 9.59 Å². The van der Waals surface area contributed by atoms with Crippen LogP contribution in [0.1, 0.15) is 18.4 Å². The number of Topliss-reactive ketones (excluding diaryl/α,β-unsaturated/α-hetero) is 1. The molecule has 2 rings (SSSR count). The highest BCUT2D eigenvalue weighted by Gasteiger charge is 2.41. The van der Waals surface area contributed by atoms with Crippen LogP contribution in [0.25, 0.3) is 0 Å². The molecule has 2 unspecified atom stereocenters. The lowest BCUT2D eigenvalue weighted by atomic mass is 9.95. The summed E-state index contributed by atoms with van der Waals surface area (Å²) in [7, 11) is 0. The predicted octanol–water partition coefficient (Wildman–Crippen LogP) is 1.28. The van der Waals surface area contributed by atoms with Gasteiger partial charge >= 0.3 is 5.97 Å². The van der Waals surface area contributed by atoms with Gasteiger partial charge in [0.05, 0.1) is 0 Å². The van der Waals surface area contributed by atoms with Crippen molar-refractivity contribution in [3.63, 3.8) is 0 Å². The summed E-state index contributed by atoms with van der Waals surface area (Å²) < 4.78 is 4.85. The van der Waals surface area contributed by atoms with Crippen molar-refractivity contribution in [2.24, 2.45) is 0 Å². The van der Waals surface area contributed by atoms with E-state index in [-0.39, 0.29) is 5.78 Å². The van der Waals surface area contributed by atoms with E-state index in [1.165, 1.54) is 0 Å². The molecular formula is C11H10O3. The van der Waals surface area contributed by atoms with Gasteiger partial charge in [-0.15, -0.1) is 0 Å². The van der Waals surface area contributed by atoms with E-state index in [0.29, 0.717) is 5.56 Å². The third-order valence-corrected chi connectivity index (χ3v) is 2.35. The van der Waals surface area contributed by atoms with Crippen molar-refractivity contribution in [3.05, 3.63) is 35.9 Å². The van der Waals surface area contributed by atoms with Crippen LogP contribution in [0.3, 0.4) is 0 Å². The molecule has 1 aromatic rings. The Kier molecular flexibility index (Phi) is 2.08. The van der Waals surface area contributed by atoms with Crippen LogP contribution in [0.2, 0.25) is 0 Å². The molecular weight excluding hydrogens is 180 g/mol. The molecule has 1 heterocycles. The van der Waals surface area contributed by atoms with Gasteiger partial charge in [0.2, 0.25) is 0 Å². The van der Waals surface area contributed by atoms with Gasteiger partial charge in [-0.3, -0.25) is 9.59 Å². The summed E-state index contributed by atoms with van der Waals surface area (Å²) in [6.07, 6.45) is -0.604. The number of ether oxygens (including phenoxy) is 1. The Morgan fingerprint density at radius 1 is 1.14 bits per heavy atom. The zero-order valence-electron chi connectivity index (χ0n) is 7.77. The van der Waals surface area contributed by atoms with E-state index < -0.39 is 18.0 Å². The summed E-state index contributed by atoms with van der Waals surface area (Å²) in [5.74, 6) is -1.30. The number of hydrogen-bond acceptors (Lipinski definition) is 3. The van der Waals surface area contributed by atoms with Crippen molar-refractivity contribution in [2.45, 2.75) is 18.9 Å². The molecule has 3 heteroatoms. The molecule has 1 aromatic carbocycles. The summed E-state index contributed by atoms with van der Waals surface area (Å²) in [4.78, 5) is 22.9. The molecule has 0 spiro atoms.